The number of halogens is 1. The normalized spacial score (nSPS) is 10.2. The van der Waals surface area contributed by atoms with E-state index in [4.69, 9.17) is 17.3 Å². The van der Waals surface area contributed by atoms with Gasteiger partial charge >= 0.3 is 0 Å². The maximum atomic E-state index is 5.78. The topological polar surface area (TPSA) is 50.9 Å². The predicted octanol–water partition coefficient (Wildman–Crippen LogP) is 1.43. The van der Waals surface area contributed by atoms with Crippen molar-refractivity contribution < 1.29 is 0 Å². The Morgan fingerprint density at radius 2 is 2.42 bits per heavy atom. The van der Waals surface area contributed by atoms with Gasteiger partial charge in [0, 0.05) is 12.7 Å². The molecule has 0 bridgehead atoms. The number of aromatic nitrogens is 1. The highest BCUT2D eigenvalue weighted by Crippen LogP contribution is 2.16. The molecule has 0 fully saturated rings. The molecule has 12 heavy (non-hydrogen) atoms. The van der Waals surface area contributed by atoms with E-state index >= 15 is 0 Å². The molecule has 0 spiro atoms. The fourth-order valence-electron chi connectivity index (χ4n) is 0.854. The Balaban J connectivity index is 2.69. The first-order chi connectivity index (χ1) is 5.74. The van der Waals surface area contributed by atoms with E-state index in [1.54, 1.807) is 6.20 Å². The number of rotatable bonds is 3. The minimum Gasteiger partial charge on any atom is -0.382 e. The van der Waals surface area contributed by atoms with Gasteiger partial charge in [-0.2, -0.15) is 0 Å². The van der Waals surface area contributed by atoms with Gasteiger partial charge in [-0.25, -0.2) is 4.98 Å². The summed E-state index contributed by atoms with van der Waals surface area (Å²) in [5.41, 5.74) is 6.51. The van der Waals surface area contributed by atoms with Crippen LogP contribution in [0, 0.1) is 0 Å². The van der Waals surface area contributed by atoms with Crippen LogP contribution in [0.25, 0.3) is 0 Å². The van der Waals surface area contributed by atoms with Crippen LogP contribution < -0.4 is 11.1 Å². The molecule has 0 atom stereocenters. The summed E-state index contributed by atoms with van der Waals surface area (Å²) in [5, 5.41) is 3.69. The number of nitrogen functional groups attached to an aromatic ring is 1. The standard InChI is InChI=1S/C8H12ClN3/c1-2-11-4-6-3-7(9)8(10)12-5-6/h3,5,11H,2,4H2,1H3,(H2,10,12). The van der Waals surface area contributed by atoms with Crippen LogP contribution in [0.2, 0.25) is 5.02 Å². The van der Waals surface area contributed by atoms with Crippen LogP contribution in [0.1, 0.15) is 12.5 Å². The third-order valence-electron chi connectivity index (χ3n) is 1.51. The van der Waals surface area contributed by atoms with E-state index in [2.05, 4.69) is 10.3 Å². The van der Waals surface area contributed by atoms with Crippen molar-refractivity contribution in [2.24, 2.45) is 0 Å². The molecular weight excluding hydrogens is 174 g/mol. The highest BCUT2D eigenvalue weighted by Gasteiger charge is 1.98. The fourth-order valence-corrected chi connectivity index (χ4v) is 1.04. The minimum atomic E-state index is 0.386. The average Bonchev–Trinajstić information content (AvgIpc) is 2.07. The zero-order valence-electron chi connectivity index (χ0n) is 6.97. The summed E-state index contributed by atoms with van der Waals surface area (Å²) >= 11 is 5.78. The Morgan fingerprint density at radius 3 is 3.00 bits per heavy atom. The van der Waals surface area contributed by atoms with Gasteiger partial charge in [-0.3, -0.25) is 0 Å². The number of hydrogen-bond donors (Lipinski definition) is 2. The number of anilines is 1. The molecule has 4 heteroatoms. The Morgan fingerprint density at radius 1 is 1.67 bits per heavy atom. The molecule has 0 radical (unpaired) electrons. The molecule has 0 amide bonds. The van der Waals surface area contributed by atoms with Gasteiger partial charge in [0.25, 0.3) is 0 Å². The molecule has 1 rings (SSSR count). The molecule has 66 valence electrons. The van der Waals surface area contributed by atoms with Crippen LogP contribution in [0.15, 0.2) is 12.3 Å². The first-order valence-corrected chi connectivity index (χ1v) is 4.22. The second-order valence-electron chi connectivity index (χ2n) is 2.49. The first kappa shape index (κ1) is 9.29. The summed E-state index contributed by atoms with van der Waals surface area (Å²) in [5.74, 6) is 0.386. The summed E-state index contributed by atoms with van der Waals surface area (Å²) in [7, 11) is 0. The zero-order chi connectivity index (χ0) is 8.97. The summed E-state index contributed by atoms with van der Waals surface area (Å²) < 4.78 is 0. The van der Waals surface area contributed by atoms with Crippen molar-refractivity contribution in [2.75, 3.05) is 12.3 Å². The monoisotopic (exact) mass is 185 g/mol. The van der Waals surface area contributed by atoms with E-state index < -0.39 is 0 Å². The SMILES string of the molecule is CCNCc1cnc(N)c(Cl)c1. The minimum absolute atomic E-state index is 0.386. The number of nitrogens with zero attached hydrogens (tertiary/aromatic N) is 1. The number of nitrogens with two attached hydrogens (primary N) is 1. The van der Waals surface area contributed by atoms with Gasteiger partial charge in [0.1, 0.15) is 5.82 Å². The van der Waals surface area contributed by atoms with Crippen LogP contribution in [0.5, 0.6) is 0 Å². The molecule has 3 N–H and O–H groups in total. The van der Waals surface area contributed by atoms with Crippen molar-refractivity contribution in [1.29, 1.82) is 0 Å². The van der Waals surface area contributed by atoms with Gasteiger partial charge in [-0.15, -0.1) is 0 Å². The molecular formula is C8H12ClN3. The molecule has 0 saturated heterocycles. The van der Waals surface area contributed by atoms with Gasteiger partial charge in [-0.1, -0.05) is 18.5 Å². The van der Waals surface area contributed by atoms with Crippen molar-refractivity contribution in [3.8, 4) is 0 Å². The lowest BCUT2D eigenvalue weighted by Gasteiger charge is -2.02. The van der Waals surface area contributed by atoms with E-state index in [1.165, 1.54) is 0 Å². The van der Waals surface area contributed by atoms with Gasteiger partial charge < -0.3 is 11.1 Å². The highest BCUT2D eigenvalue weighted by molar-refractivity contribution is 6.32. The number of nitrogens with one attached hydrogen (secondary N) is 1. The molecule has 0 aromatic carbocycles. The van der Waals surface area contributed by atoms with E-state index in [1.807, 2.05) is 13.0 Å². The molecule has 0 aliphatic rings. The average molecular weight is 186 g/mol. The molecule has 0 saturated carbocycles. The smallest absolute Gasteiger partial charge is 0.142 e. The van der Waals surface area contributed by atoms with E-state index in [0.717, 1.165) is 18.7 Å². The quantitative estimate of drug-likeness (QED) is 0.749. The Hall–Kier alpha value is -0.800. The predicted molar refractivity (Wildman–Crippen MR) is 51.0 cm³/mol. The second-order valence-corrected chi connectivity index (χ2v) is 2.90. The molecule has 0 aliphatic heterocycles. The van der Waals surface area contributed by atoms with Crippen LogP contribution >= 0.6 is 11.6 Å². The third-order valence-corrected chi connectivity index (χ3v) is 1.81. The van der Waals surface area contributed by atoms with Crippen molar-refractivity contribution in [1.82, 2.24) is 10.3 Å². The van der Waals surface area contributed by atoms with Crippen LogP contribution in [-0.2, 0) is 6.54 Å². The van der Waals surface area contributed by atoms with Crippen molar-refractivity contribution in [3.63, 3.8) is 0 Å². The van der Waals surface area contributed by atoms with Crippen LogP contribution in [-0.4, -0.2) is 11.5 Å². The maximum absolute atomic E-state index is 5.78. The Kier molecular flexibility index (Phi) is 3.31. The lowest BCUT2D eigenvalue weighted by atomic mass is 10.3. The Bertz CT molecular complexity index is 262. The summed E-state index contributed by atoms with van der Waals surface area (Å²) in [6, 6.07) is 1.83. The van der Waals surface area contributed by atoms with Crippen molar-refractivity contribution in [3.05, 3.63) is 22.8 Å². The van der Waals surface area contributed by atoms with Crippen molar-refractivity contribution >= 4 is 17.4 Å². The Labute approximate surface area is 76.9 Å². The maximum Gasteiger partial charge on any atom is 0.142 e. The second kappa shape index (κ2) is 4.28. The first-order valence-electron chi connectivity index (χ1n) is 3.84. The van der Waals surface area contributed by atoms with E-state index in [9.17, 15) is 0 Å². The van der Waals surface area contributed by atoms with Gasteiger partial charge in [0.2, 0.25) is 0 Å². The van der Waals surface area contributed by atoms with Crippen LogP contribution in [0.3, 0.4) is 0 Å². The van der Waals surface area contributed by atoms with E-state index in [0.29, 0.717) is 10.8 Å². The highest BCUT2D eigenvalue weighted by atomic mass is 35.5. The molecule has 1 aromatic heterocycles. The largest absolute Gasteiger partial charge is 0.382 e. The lowest BCUT2D eigenvalue weighted by Crippen LogP contribution is -2.12. The number of pyridine rings is 1. The van der Waals surface area contributed by atoms with Crippen molar-refractivity contribution in [2.45, 2.75) is 13.5 Å². The van der Waals surface area contributed by atoms with E-state index in [-0.39, 0.29) is 0 Å². The summed E-state index contributed by atoms with van der Waals surface area (Å²) in [6.07, 6.45) is 1.73. The number of hydrogen-bond acceptors (Lipinski definition) is 3. The summed E-state index contributed by atoms with van der Waals surface area (Å²) in [6.45, 7) is 3.76. The molecule has 0 aliphatic carbocycles. The molecule has 3 nitrogen and oxygen atoms in total. The van der Waals surface area contributed by atoms with Gasteiger partial charge in [0.15, 0.2) is 0 Å². The lowest BCUT2D eigenvalue weighted by molar-refractivity contribution is 0.725. The molecule has 0 unspecified atom stereocenters. The van der Waals surface area contributed by atoms with Gasteiger partial charge in [-0.05, 0) is 18.2 Å². The van der Waals surface area contributed by atoms with Crippen LogP contribution in [0.4, 0.5) is 5.82 Å². The molecule has 1 heterocycles. The fraction of sp³-hybridized carbons (Fsp3) is 0.375. The van der Waals surface area contributed by atoms with Gasteiger partial charge in [0.05, 0.1) is 5.02 Å². The third kappa shape index (κ3) is 2.36. The summed E-state index contributed by atoms with van der Waals surface area (Å²) in [4.78, 5) is 3.94. The zero-order valence-corrected chi connectivity index (χ0v) is 7.73. The molecule has 1 aromatic rings.